The average molecular weight is 522 g/mol. The van der Waals surface area contributed by atoms with Crippen molar-refractivity contribution in [2.24, 2.45) is 0 Å². The normalized spacial score (nSPS) is 15.2. The van der Waals surface area contributed by atoms with Gasteiger partial charge in [0.25, 0.3) is 5.56 Å². The van der Waals surface area contributed by atoms with Crippen LogP contribution in [-0.4, -0.2) is 43.1 Å². The third-order valence-electron chi connectivity index (χ3n) is 6.48. The van der Waals surface area contributed by atoms with E-state index in [-0.39, 0.29) is 42.5 Å². The van der Waals surface area contributed by atoms with E-state index in [9.17, 15) is 22.8 Å². The van der Waals surface area contributed by atoms with Gasteiger partial charge < -0.3 is 9.30 Å². The molecule has 1 aliphatic rings. The van der Waals surface area contributed by atoms with Gasteiger partial charge in [-0.05, 0) is 43.5 Å². The lowest BCUT2D eigenvalue weighted by Gasteiger charge is -2.23. The van der Waals surface area contributed by atoms with Crippen LogP contribution in [0.25, 0.3) is 21.9 Å². The number of aryl methyl sites for hydroxylation is 1. The Hall–Kier alpha value is -3.18. The molecule has 0 aliphatic carbocycles. The zero-order valence-electron chi connectivity index (χ0n) is 19.2. The number of hydrogen-bond acceptors (Lipinski definition) is 5. The molecule has 8 nitrogen and oxygen atoms in total. The van der Waals surface area contributed by atoms with Crippen LogP contribution in [-0.2, 0) is 17.8 Å². The van der Waals surface area contributed by atoms with E-state index in [4.69, 9.17) is 16.3 Å². The van der Waals surface area contributed by atoms with Crippen LogP contribution in [0.3, 0.4) is 0 Å². The molecule has 1 fully saturated rings. The Morgan fingerprint density at radius 1 is 1.06 bits per heavy atom. The molecule has 4 heterocycles. The monoisotopic (exact) mass is 521 g/mol. The van der Waals surface area contributed by atoms with E-state index < -0.39 is 18.2 Å². The SMILES string of the molecule is O=c1nc(Cn2c(=O)n(C3CCOCC3)c3ccncc32)n(CCCC(F)(F)F)c2ccc(Cl)cc12. The third kappa shape index (κ3) is 4.77. The van der Waals surface area contributed by atoms with Crippen molar-refractivity contribution in [1.29, 1.82) is 0 Å². The number of fused-ring (bicyclic) bond motifs is 2. The summed E-state index contributed by atoms with van der Waals surface area (Å²) < 4.78 is 48.9. The Morgan fingerprint density at radius 3 is 2.58 bits per heavy atom. The summed E-state index contributed by atoms with van der Waals surface area (Å²) in [5.74, 6) is 0.189. The Morgan fingerprint density at radius 2 is 1.83 bits per heavy atom. The van der Waals surface area contributed by atoms with Crippen molar-refractivity contribution in [3.05, 3.63) is 68.3 Å². The van der Waals surface area contributed by atoms with Gasteiger partial charge in [-0.1, -0.05) is 11.6 Å². The first-order valence-corrected chi connectivity index (χ1v) is 12.0. The molecule has 0 radical (unpaired) electrons. The van der Waals surface area contributed by atoms with Crippen LogP contribution in [0.1, 0.15) is 37.5 Å². The summed E-state index contributed by atoms with van der Waals surface area (Å²) in [7, 11) is 0. The number of rotatable bonds is 6. The lowest BCUT2D eigenvalue weighted by Crippen LogP contribution is -2.32. The number of hydrogen-bond donors (Lipinski definition) is 0. The van der Waals surface area contributed by atoms with Gasteiger partial charge in [-0.2, -0.15) is 18.2 Å². The number of aromatic nitrogens is 5. The molecule has 1 aliphatic heterocycles. The average Bonchev–Trinajstić information content (AvgIpc) is 3.12. The van der Waals surface area contributed by atoms with Crippen LogP contribution in [0.5, 0.6) is 0 Å². The van der Waals surface area contributed by atoms with E-state index in [2.05, 4.69) is 9.97 Å². The molecule has 1 saturated heterocycles. The van der Waals surface area contributed by atoms with Gasteiger partial charge in [0.05, 0.1) is 34.7 Å². The second-order valence-electron chi connectivity index (χ2n) is 8.81. The maximum Gasteiger partial charge on any atom is 0.389 e. The molecule has 190 valence electrons. The lowest BCUT2D eigenvalue weighted by molar-refractivity contribution is -0.135. The number of imidazole rings is 1. The zero-order valence-corrected chi connectivity index (χ0v) is 19.9. The highest BCUT2D eigenvalue weighted by Crippen LogP contribution is 2.26. The van der Waals surface area contributed by atoms with Crippen molar-refractivity contribution >= 4 is 33.5 Å². The molecule has 0 bridgehead atoms. The molecular formula is C24H23ClF3N5O3. The second-order valence-corrected chi connectivity index (χ2v) is 9.25. The minimum Gasteiger partial charge on any atom is -0.381 e. The summed E-state index contributed by atoms with van der Waals surface area (Å²) in [6, 6.07) is 6.31. The van der Waals surface area contributed by atoms with Crippen LogP contribution >= 0.6 is 11.6 Å². The van der Waals surface area contributed by atoms with Crippen LogP contribution in [0.4, 0.5) is 13.2 Å². The van der Waals surface area contributed by atoms with Crippen molar-refractivity contribution < 1.29 is 17.9 Å². The van der Waals surface area contributed by atoms with E-state index in [1.54, 1.807) is 39.7 Å². The highest BCUT2D eigenvalue weighted by Gasteiger charge is 2.27. The minimum atomic E-state index is -4.31. The summed E-state index contributed by atoms with van der Waals surface area (Å²) in [6.07, 6.45) is -0.978. The molecular weight excluding hydrogens is 499 g/mol. The predicted molar refractivity (Wildman–Crippen MR) is 128 cm³/mol. The highest BCUT2D eigenvalue weighted by atomic mass is 35.5. The molecule has 0 amide bonds. The number of ether oxygens (including phenoxy) is 1. The molecule has 36 heavy (non-hydrogen) atoms. The van der Waals surface area contributed by atoms with E-state index in [1.807, 2.05) is 0 Å². The van der Waals surface area contributed by atoms with E-state index >= 15 is 0 Å². The number of pyridine rings is 1. The summed E-state index contributed by atoms with van der Waals surface area (Å²) in [5, 5.41) is 0.523. The van der Waals surface area contributed by atoms with E-state index in [1.165, 1.54) is 10.6 Å². The Balaban J connectivity index is 1.63. The molecule has 0 atom stereocenters. The fraction of sp³-hybridized carbons (Fsp3) is 0.417. The van der Waals surface area contributed by atoms with Crippen LogP contribution in [0.2, 0.25) is 5.02 Å². The number of nitrogens with zero attached hydrogens (tertiary/aromatic N) is 5. The molecule has 12 heteroatoms. The van der Waals surface area contributed by atoms with Gasteiger partial charge in [-0.15, -0.1) is 0 Å². The van der Waals surface area contributed by atoms with Gasteiger partial charge in [-0.25, -0.2) is 4.79 Å². The fourth-order valence-electron chi connectivity index (χ4n) is 4.82. The van der Waals surface area contributed by atoms with Crippen molar-refractivity contribution in [2.45, 2.75) is 51.0 Å². The second kappa shape index (κ2) is 9.70. The van der Waals surface area contributed by atoms with Gasteiger partial charge in [-0.3, -0.25) is 18.9 Å². The molecule has 3 aromatic heterocycles. The Labute approximate surface area is 207 Å². The van der Waals surface area contributed by atoms with Crippen LogP contribution in [0, 0.1) is 0 Å². The first-order chi connectivity index (χ1) is 17.2. The first kappa shape index (κ1) is 24.5. The van der Waals surface area contributed by atoms with Gasteiger partial charge in [0, 0.05) is 43.4 Å². The smallest absolute Gasteiger partial charge is 0.381 e. The molecule has 1 aromatic carbocycles. The van der Waals surface area contributed by atoms with Crippen molar-refractivity contribution in [1.82, 2.24) is 23.7 Å². The minimum absolute atomic E-state index is 0.0359. The zero-order chi connectivity index (χ0) is 25.4. The van der Waals surface area contributed by atoms with Crippen molar-refractivity contribution in [3.8, 4) is 0 Å². The van der Waals surface area contributed by atoms with Gasteiger partial charge in [0.2, 0.25) is 0 Å². The largest absolute Gasteiger partial charge is 0.389 e. The summed E-state index contributed by atoms with van der Waals surface area (Å²) in [5.41, 5.74) is 0.809. The Kier molecular flexibility index (Phi) is 6.60. The Bertz CT molecular complexity index is 1540. The molecule has 4 aromatic rings. The maximum atomic E-state index is 13.6. The summed E-state index contributed by atoms with van der Waals surface area (Å²) in [6.45, 7) is 0.952. The first-order valence-electron chi connectivity index (χ1n) is 11.6. The quantitative estimate of drug-likeness (QED) is 0.378. The fourth-order valence-corrected chi connectivity index (χ4v) is 4.99. The van der Waals surface area contributed by atoms with Crippen molar-refractivity contribution in [2.75, 3.05) is 13.2 Å². The van der Waals surface area contributed by atoms with E-state index in [0.717, 1.165) is 0 Å². The van der Waals surface area contributed by atoms with Crippen LogP contribution < -0.4 is 11.2 Å². The predicted octanol–water partition coefficient (Wildman–Crippen LogP) is 4.30. The van der Waals surface area contributed by atoms with Gasteiger partial charge >= 0.3 is 11.9 Å². The number of halogens is 4. The maximum absolute atomic E-state index is 13.6. The number of alkyl halides is 3. The molecule has 0 unspecified atom stereocenters. The topological polar surface area (TPSA) is 83.9 Å². The molecule has 0 N–H and O–H groups in total. The van der Waals surface area contributed by atoms with Crippen molar-refractivity contribution in [3.63, 3.8) is 0 Å². The standard InChI is InChI=1S/C24H23ClF3N5O3/c25-15-2-3-18-17(12-15)22(34)30-21(31(18)9-1-7-24(26,27)28)14-32-20-13-29-8-4-19(20)33(23(32)35)16-5-10-36-11-6-16/h2-4,8,12-13,16H,1,5-7,9-11,14H2. The van der Waals surface area contributed by atoms with Gasteiger partial charge in [0.1, 0.15) is 5.82 Å². The van der Waals surface area contributed by atoms with E-state index in [0.29, 0.717) is 47.6 Å². The lowest BCUT2D eigenvalue weighted by atomic mass is 10.1. The van der Waals surface area contributed by atoms with Crippen LogP contribution in [0.15, 0.2) is 46.2 Å². The molecule has 0 saturated carbocycles. The highest BCUT2D eigenvalue weighted by molar-refractivity contribution is 6.31. The number of benzene rings is 1. The molecule has 0 spiro atoms. The van der Waals surface area contributed by atoms with Gasteiger partial charge in [0.15, 0.2) is 0 Å². The summed E-state index contributed by atoms with van der Waals surface area (Å²) in [4.78, 5) is 34.8. The summed E-state index contributed by atoms with van der Waals surface area (Å²) >= 11 is 6.05. The molecule has 5 rings (SSSR count). The third-order valence-corrected chi connectivity index (χ3v) is 6.72.